The van der Waals surface area contributed by atoms with Gasteiger partial charge in [0.2, 0.25) is 10.0 Å². The molecule has 4 rings (SSSR count). The minimum Gasteiger partial charge on any atom is -0.497 e. The maximum atomic E-state index is 13.4. The fraction of sp³-hybridized carbons (Fsp3) is 0.480. The summed E-state index contributed by atoms with van der Waals surface area (Å²) in [5, 5.41) is 9.18. The molecule has 1 heterocycles. The number of aryl methyl sites for hydroxylation is 1. The number of benzene rings is 2. The predicted octanol–water partition coefficient (Wildman–Crippen LogP) is 4.00. The third-order valence-electron chi connectivity index (χ3n) is 7.32. The Morgan fingerprint density at radius 2 is 1.82 bits per heavy atom. The van der Waals surface area contributed by atoms with E-state index in [2.05, 4.69) is 31.2 Å². The van der Waals surface area contributed by atoms with Crippen molar-refractivity contribution in [2.24, 2.45) is 0 Å². The van der Waals surface area contributed by atoms with Crippen LogP contribution in [0.15, 0.2) is 42.5 Å². The van der Waals surface area contributed by atoms with E-state index in [1.54, 1.807) is 12.6 Å². The Kier molecular flexibility index (Phi) is 6.79. The van der Waals surface area contributed by atoms with Crippen LogP contribution in [0.1, 0.15) is 55.6 Å². The van der Waals surface area contributed by atoms with Crippen molar-refractivity contribution in [2.75, 3.05) is 20.2 Å². The fourth-order valence-corrected chi connectivity index (χ4v) is 7.65. The first-order chi connectivity index (χ1) is 15.8. The Labute approximate surface area is 195 Å². The number of hydrogen-bond donors (Lipinski definition) is 2. The molecule has 1 aliphatic heterocycles. The lowest BCUT2D eigenvalue weighted by atomic mass is 9.87. The van der Waals surface area contributed by atoms with Crippen molar-refractivity contribution < 1.29 is 23.2 Å². The number of carbonyl (C=O) groups is 1. The summed E-state index contributed by atoms with van der Waals surface area (Å²) in [6, 6.07) is 14.4. The van der Waals surface area contributed by atoms with Crippen LogP contribution in [0.2, 0.25) is 0 Å². The van der Waals surface area contributed by atoms with Crippen LogP contribution in [0.4, 0.5) is 0 Å². The zero-order chi connectivity index (χ0) is 23.6. The summed E-state index contributed by atoms with van der Waals surface area (Å²) in [6.45, 7) is 2.85. The summed E-state index contributed by atoms with van der Waals surface area (Å²) >= 11 is 0. The van der Waals surface area contributed by atoms with Crippen LogP contribution in [0.25, 0.3) is 11.1 Å². The lowest BCUT2D eigenvalue weighted by molar-refractivity contribution is -0.131. The smallest absolute Gasteiger partial charge is 0.266 e. The molecule has 33 heavy (non-hydrogen) atoms. The van der Waals surface area contributed by atoms with Crippen molar-refractivity contribution in [3.05, 3.63) is 53.6 Å². The number of ether oxygens (including phenoxy) is 1. The molecule has 2 aromatic carbocycles. The zero-order valence-corrected chi connectivity index (χ0v) is 20.0. The minimum atomic E-state index is -3.85. The zero-order valence-electron chi connectivity index (χ0n) is 19.2. The maximum Gasteiger partial charge on any atom is 0.266 e. The maximum absolute atomic E-state index is 13.4. The average molecular weight is 473 g/mol. The SMILES string of the molecule is COc1cccc(-c2ccc(C3CCN(S(=O)(=O)C4(C(=O)NO)CCCC4)CC3)cc2C)c1. The van der Waals surface area contributed by atoms with Gasteiger partial charge in [0.15, 0.2) is 4.75 Å². The molecule has 2 aromatic rings. The van der Waals surface area contributed by atoms with Crippen molar-refractivity contribution in [1.82, 2.24) is 9.79 Å². The number of carbonyl (C=O) groups excluding carboxylic acids is 1. The quantitative estimate of drug-likeness (QED) is 0.489. The van der Waals surface area contributed by atoms with Crippen molar-refractivity contribution in [1.29, 1.82) is 0 Å². The second-order valence-electron chi connectivity index (χ2n) is 9.13. The summed E-state index contributed by atoms with van der Waals surface area (Å²) in [4.78, 5) is 12.4. The van der Waals surface area contributed by atoms with Crippen molar-refractivity contribution in [2.45, 2.75) is 56.1 Å². The van der Waals surface area contributed by atoms with Crippen LogP contribution >= 0.6 is 0 Å². The van der Waals surface area contributed by atoms with Crippen LogP contribution in [0.5, 0.6) is 5.75 Å². The number of rotatable bonds is 6. The van der Waals surface area contributed by atoms with Gasteiger partial charge in [-0.25, -0.2) is 18.2 Å². The second-order valence-corrected chi connectivity index (χ2v) is 11.4. The molecule has 2 fully saturated rings. The third-order valence-corrected chi connectivity index (χ3v) is 9.94. The van der Waals surface area contributed by atoms with E-state index in [-0.39, 0.29) is 18.8 Å². The molecular weight excluding hydrogens is 440 g/mol. The van der Waals surface area contributed by atoms with Gasteiger partial charge in [0.25, 0.3) is 5.91 Å². The number of piperidine rings is 1. The second kappa shape index (κ2) is 9.44. The van der Waals surface area contributed by atoms with Gasteiger partial charge in [-0.3, -0.25) is 10.0 Å². The molecule has 0 aromatic heterocycles. The summed E-state index contributed by atoms with van der Waals surface area (Å²) < 4.78 is 32.1. The average Bonchev–Trinajstić information content (AvgIpc) is 3.35. The van der Waals surface area contributed by atoms with Crippen molar-refractivity contribution in [3.8, 4) is 16.9 Å². The number of amides is 1. The summed E-state index contributed by atoms with van der Waals surface area (Å²) in [6.07, 6.45) is 3.26. The van der Waals surface area contributed by atoms with Gasteiger partial charge in [-0.15, -0.1) is 0 Å². The largest absolute Gasteiger partial charge is 0.497 e. The summed E-state index contributed by atoms with van der Waals surface area (Å²) in [7, 11) is -2.19. The van der Waals surface area contributed by atoms with Crippen LogP contribution < -0.4 is 10.2 Å². The normalized spacial score (nSPS) is 19.4. The van der Waals surface area contributed by atoms with E-state index in [4.69, 9.17) is 4.74 Å². The molecule has 2 N–H and O–H groups in total. The molecule has 1 saturated heterocycles. The first kappa shape index (κ1) is 23.7. The monoisotopic (exact) mass is 472 g/mol. The predicted molar refractivity (Wildman–Crippen MR) is 127 cm³/mol. The number of nitrogens with one attached hydrogen (secondary N) is 1. The Morgan fingerprint density at radius 3 is 2.42 bits per heavy atom. The van der Waals surface area contributed by atoms with Gasteiger partial charge in [-0.2, -0.15) is 0 Å². The molecule has 0 radical (unpaired) electrons. The van der Waals surface area contributed by atoms with Gasteiger partial charge in [0.1, 0.15) is 5.75 Å². The third kappa shape index (κ3) is 4.27. The molecule has 0 unspecified atom stereocenters. The molecule has 0 bridgehead atoms. The molecule has 7 nitrogen and oxygen atoms in total. The standard InChI is InChI=1S/C25H32N2O5S/c1-18-16-20(8-9-23(18)21-6-5-7-22(17-21)32-2)19-10-14-27(15-11-19)33(30,31)25(24(28)26-29)12-3-4-13-25/h5-9,16-17,19,29H,3-4,10-15H2,1-2H3,(H,26,28). The Hall–Kier alpha value is -2.42. The first-order valence-electron chi connectivity index (χ1n) is 11.5. The molecule has 1 amide bonds. The minimum absolute atomic E-state index is 0.257. The van der Waals surface area contributed by atoms with Crippen LogP contribution in [0, 0.1) is 6.92 Å². The number of methoxy groups -OCH3 is 1. The van der Waals surface area contributed by atoms with Gasteiger partial charge in [-0.05, 0) is 72.9 Å². The highest BCUT2D eigenvalue weighted by Crippen LogP contribution is 2.41. The van der Waals surface area contributed by atoms with Crippen LogP contribution in [-0.4, -0.2) is 48.8 Å². The highest BCUT2D eigenvalue weighted by molar-refractivity contribution is 7.91. The Morgan fingerprint density at radius 1 is 1.12 bits per heavy atom. The molecule has 2 aliphatic rings. The number of nitrogens with zero attached hydrogens (tertiary/aromatic N) is 1. The van der Waals surface area contributed by atoms with E-state index in [9.17, 15) is 18.4 Å². The molecular formula is C25H32N2O5S. The molecule has 1 saturated carbocycles. The highest BCUT2D eigenvalue weighted by atomic mass is 32.2. The van der Waals surface area contributed by atoms with Crippen molar-refractivity contribution in [3.63, 3.8) is 0 Å². The van der Waals surface area contributed by atoms with E-state index >= 15 is 0 Å². The first-order valence-corrected chi connectivity index (χ1v) is 13.0. The van der Waals surface area contributed by atoms with E-state index in [0.717, 1.165) is 16.9 Å². The fourth-order valence-electron chi connectivity index (χ4n) is 5.38. The molecule has 178 valence electrons. The molecule has 0 spiro atoms. The number of hydrogen-bond acceptors (Lipinski definition) is 5. The van der Waals surface area contributed by atoms with Crippen LogP contribution in [0.3, 0.4) is 0 Å². The number of sulfonamides is 1. The van der Waals surface area contributed by atoms with Gasteiger partial charge in [-0.1, -0.05) is 43.2 Å². The lowest BCUT2D eigenvalue weighted by Gasteiger charge is -2.37. The highest BCUT2D eigenvalue weighted by Gasteiger charge is 2.55. The van der Waals surface area contributed by atoms with Crippen molar-refractivity contribution >= 4 is 15.9 Å². The van der Waals surface area contributed by atoms with E-state index in [1.165, 1.54) is 15.4 Å². The number of hydroxylamine groups is 1. The van der Waals surface area contributed by atoms with E-state index in [0.29, 0.717) is 38.8 Å². The Balaban J connectivity index is 1.49. The van der Waals surface area contributed by atoms with Crippen LogP contribution in [-0.2, 0) is 14.8 Å². The molecule has 1 aliphatic carbocycles. The Bertz CT molecular complexity index is 1120. The summed E-state index contributed by atoms with van der Waals surface area (Å²) in [5.74, 6) is 0.283. The lowest BCUT2D eigenvalue weighted by Crippen LogP contribution is -2.56. The van der Waals surface area contributed by atoms with Gasteiger partial charge in [0, 0.05) is 13.1 Å². The van der Waals surface area contributed by atoms with Gasteiger partial charge in [0.05, 0.1) is 7.11 Å². The summed E-state index contributed by atoms with van der Waals surface area (Å²) in [5.41, 5.74) is 6.23. The van der Waals surface area contributed by atoms with E-state index in [1.807, 2.05) is 18.2 Å². The van der Waals surface area contributed by atoms with E-state index < -0.39 is 20.7 Å². The van der Waals surface area contributed by atoms with Gasteiger partial charge < -0.3 is 4.74 Å². The molecule has 0 atom stereocenters. The molecule has 8 heteroatoms. The topological polar surface area (TPSA) is 95.9 Å². The van der Waals surface area contributed by atoms with Gasteiger partial charge >= 0.3 is 0 Å².